The number of carbonyl (C=O) groups excluding carboxylic acids is 1. The molecule has 0 radical (unpaired) electrons. The normalized spacial score (nSPS) is 15.7. The average molecular weight is 335 g/mol. The molecule has 0 aliphatic carbocycles. The van der Waals surface area contributed by atoms with Crippen LogP contribution in [0.2, 0.25) is 0 Å². The third-order valence-corrected chi connectivity index (χ3v) is 4.79. The summed E-state index contributed by atoms with van der Waals surface area (Å²) in [5, 5.41) is 4.12. The van der Waals surface area contributed by atoms with Crippen LogP contribution in [0.25, 0.3) is 0 Å². The fourth-order valence-corrected chi connectivity index (χ4v) is 3.50. The van der Waals surface area contributed by atoms with E-state index in [-0.39, 0.29) is 11.9 Å². The number of carbonyl (C=O) groups is 1. The van der Waals surface area contributed by atoms with Crippen LogP contribution < -0.4 is 0 Å². The summed E-state index contributed by atoms with van der Waals surface area (Å²) in [6.07, 6.45) is 5.06. The number of amides is 1. The van der Waals surface area contributed by atoms with Crippen molar-refractivity contribution in [3.8, 4) is 0 Å². The fraction of sp³-hybridized carbons (Fsp3) is 0.562. The van der Waals surface area contributed by atoms with E-state index in [0.29, 0.717) is 24.6 Å². The monoisotopic (exact) mass is 335 g/mol. The molecule has 3 rings (SSSR count). The first-order chi connectivity index (χ1) is 11.3. The second kappa shape index (κ2) is 7.70. The highest BCUT2D eigenvalue weighted by atomic mass is 32.1. The van der Waals surface area contributed by atoms with Crippen molar-refractivity contribution in [2.75, 3.05) is 13.2 Å². The number of ether oxygens (including phenoxy) is 1. The van der Waals surface area contributed by atoms with Crippen LogP contribution in [0.3, 0.4) is 0 Å². The Hall–Kier alpha value is -1.73. The van der Waals surface area contributed by atoms with Crippen LogP contribution in [0.5, 0.6) is 0 Å². The van der Waals surface area contributed by atoms with Crippen molar-refractivity contribution in [1.82, 2.24) is 14.5 Å². The maximum atomic E-state index is 13.1. The first kappa shape index (κ1) is 16.1. The molecule has 0 unspecified atom stereocenters. The Morgan fingerprint density at radius 3 is 2.96 bits per heavy atom. The zero-order chi connectivity index (χ0) is 16.1. The van der Waals surface area contributed by atoms with Crippen LogP contribution in [0.15, 0.2) is 22.8 Å². The summed E-state index contributed by atoms with van der Waals surface area (Å²) < 4.78 is 14.9. The molecule has 0 spiro atoms. The molecule has 0 saturated carbocycles. The first-order valence-corrected chi connectivity index (χ1v) is 8.79. The molecule has 6 nitrogen and oxygen atoms in total. The summed E-state index contributed by atoms with van der Waals surface area (Å²) in [5.41, 5.74) is 0.805. The van der Waals surface area contributed by atoms with Gasteiger partial charge in [0.05, 0.1) is 18.5 Å². The number of hydrogen-bond acceptors (Lipinski definition) is 6. The third-order valence-electron chi connectivity index (χ3n) is 4.04. The second-order valence-corrected chi connectivity index (χ2v) is 6.41. The van der Waals surface area contributed by atoms with Gasteiger partial charge in [-0.15, -0.1) is 5.10 Å². The molecule has 2 aromatic rings. The van der Waals surface area contributed by atoms with Gasteiger partial charge in [-0.2, -0.15) is 0 Å². The smallest absolute Gasteiger partial charge is 0.268 e. The summed E-state index contributed by atoms with van der Waals surface area (Å²) in [4.78, 5) is 15.7. The van der Waals surface area contributed by atoms with E-state index >= 15 is 0 Å². The van der Waals surface area contributed by atoms with Gasteiger partial charge in [0.15, 0.2) is 0 Å². The number of furan rings is 1. The van der Waals surface area contributed by atoms with E-state index in [2.05, 4.69) is 16.5 Å². The number of aryl methyl sites for hydroxylation is 1. The van der Waals surface area contributed by atoms with E-state index in [1.165, 1.54) is 11.5 Å². The minimum Gasteiger partial charge on any atom is -0.467 e. The molecular weight excluding hydrogens is 314 g/mol. The molecule has 124 valence electrons. The zero-order valence-electron chi connectivity index (χ0n) is 13.2. The van der Waals surface area contributed by atoms with Gasteiger partial charge in [-0.3, -0.25) is 4.79 Å². The average Bonchev–Trinajstić information content (AvgIpc) is 3.25. The van der Waals surface area contributed by atoms with Crippen LogP contribution in [0.1, 0.15) is 47.3 Å². The van der Waals surface area contributed by atoms with Crippen LogP contribution in [-0.4, -0.2) is 39.6 Å². The quantitative estimate of drug-likeness (QED) is 0.812. The highest BCUT2D eigenvalue weighted by molar-refractivity contribution is 7.08. The number of rotatable bonds is 6. The van der Waals surface area contributed by atoms with Crippen LogP contribution >= 0.6 is 11.5 Å². The van der Waals surface area contributed by atoms with E-state index in [1.54, 1.807) is 6.26 Å². The van der Waals surface area contributed by atoms with Crippen LogP contribution in [0, 0.1) is 0 Å². The summed E-state index contributed by atoms with van der Waals surface area (Å²) in [7, 11) is 0. The topological polar surface area (TPSA) is 68.5 Å². The molecule has 23 heavy (non-hydrogen) atoms. The minimum absolute atomic E-state index is 0.00625. The van der Waals surface area contributed by atoms with Crippen molar-refractivity contribution in [3.63, 3.8) is 0 Å². The molecule has 0 N–H and O–H groups in total. The molecular formula is C16H21N3O3S. The molecule has 1 fully saturated rings. The Kier molecular flexibility index (Phi) is 5.40. The van der Waals surface area contributed by atoms with Gasteiger partial charge in [0.25, 0.3) is 5.91 Å². The molecule has 1 aliphatic rings. The van der Waals surface area contributed by atoms with Crippen molar-refractivity contribution in [2.24, 2.45) is 0 Å². The molecule has 3 heterocycles. The Morgan fingerprint density at radius 2 is 2.26 bits per heavy atom. The fourth-order valence-electron chi connectivity index (χ4n) is 2.84. The lowest BCUT2D eigenvalue weighted by molar-refractivity contribution is 0.0252. The predicted molar refractivity (Wildman–Crippen MR) is 86.3 cm³/mol. The predicted octanol–water partition coefficient (Wildman–Crippen LogP) is 2.91. The first-order valence-electron chi connectivity index (χ1n) is 8.02. The molecule has 7 heteroatoms. The molecule has 0 atom stereocenters. The van der Waals surface area contributed by atoms with Crippen LogP contribution in [-0.2, 0) is 17.7 Å². The summed E-state index contributed by atoms with van der Waals surface area (Å²) in [6, 6.07) is 3.91. The lowest BCUT2D eigenvalue weighted by atomic mass is 10.1. The van der Waals surface area contributed by atoms with Crippen molar-refractivity contribution in [3.05, 3.63) is 34.7 Å². The number of nitrogens with zero attached hydrogens (tertiary/aromatic N) is 3. The van der Waals surface area contributed by atoms with Gasteiger partial charge in [0, 0.05) is 19.3 Å². The van der Waals surface area contributed by atoms with Gasteiger partial charge < -0.3 is 14.1 Å². The standard InChI is InChI=1S/C16H21N3O3S/c1-2-4-14-15(23-18-17-14)16(20)19(11-13-5-3-8-22-13)12-6-9-21-10-7-12/h3,5,8,12H,2,4,6-7,9-11H2,1H3. The van der Waals surface area contributed by atoms with Gasteiger partial charge in [0.1, 0.15) is 10.6 Å². The molecule has 2 aromatic heterocycles. The van der Waals surface area contributed by atoms with Crippen molar-refractivity contribution < 1.29 is 13.9 Å². The van der Waals surface area contributed by atoms with E-state index in [1.807, 2.05) is 17.0 Å². The molecule has 1 aliphatic heterocycles. The zero-order valence-corrected chi connectivity index (χ0v) is 14.1. The second-order valence-electron chi connectivity index (χ2n) is 5.65. The highest BCUT2D eigenvalue weighted by Crippen LogP contribution is 2.23. The number of aromatic nitrogens is 2. The maximum Gasteiger partial charge on any atom is 0.268 e. The van der Waals surface area contributed by atoms with Crippen molar-refractivity contribution >= 4 is 17.4 Å². The van der Waals surface area contributed by atoms with Gasteiger partial charge >= 0.3 is 0 Å². The molecule has 1 amide bonds. The minimum atomic E-state index is 0.00625. The van der Waals surface area contributed by atoms with Gasteiger partial charge in [0.2, 0.25) is 0 Å². The highest BCUT2D eigenvalue weighted by Gasteiger charge is 2.30. The van der Waals surface area contributed by atoms with E-state index < -0.39 is 0 Å². The molecule has 0 aromatic carbocycles. The SMILES string of the molecule is CCCc1nnsc1C(=O)N(Cc1ccco1)C1CCOCC1. The third kappa shape index (κ3) is 3.79. The van der Waals surface area contributed by atoms with Crippen LogP contribution in [0.4, 0.5) is 0 Å². The van der Waals surface area contributed by atoms with E-state index in [0.717, 1.165) is 37.1 Å². The van der Waals surface area contributed by atoms with Crippen molar-refractivity contribution in [1.29, 1.82) is 0 Å². The lowest BCUT2D eigenvalue weighted by Crippen LogP contribution is -2.43. The Morgan fingerprint density at radius 1 is 1.43 bits per heavy atom. The van der Waals surface area contributed by atoms with Crippen molar-refractivity contribution in [2.45, 2.75) is 45.2 Å². The molecule has 0 bridgehead atoms. The number of hydrogen-bond donors (Lipinski definition) is 0. The molecule has 1 saturated heterocycles. The largest absolute Gasteiger partial charge is 0.467 e. The van der Waals surface area contributed by atoms with Gasteiger partial charge in [-0.25, -0.2) is 0 Å². The summed E-state index contributed by atoms with van der Waals surface area (Å²) in [6.45, 7) is 3.93. The Labute approximate surface area is 139 Å². The van der Waals surface area contributed by atoms with Gasteiger partial charge in [-0.1, -0.05) is 17.8 Å². The Bertz CT molecular complexity index is 620. The van der Waals surface area contributed by atoms with E-state index in [9.17, 15) is 4.79 Å². The Balaban J connectivity index is 1.83. The summed E-state index contributed by atoms with van der Waals surface area (Å²) in [5.74, 6) is 0.797. The maximum absolute atomic E-state index is 13.1. The van der Waals surface area contributed by atoms with E-state index in [4.69, 9.17) is 9.15 Å². The van der Waals surface area contributed by atoms with Gasteiger partial charge in [-0.05, 0) is 42.9 Å². The summed E-state index contributed by atoms with van der Waals surface area (Å²) >= 11 is 1.19. The lowest BCUT2D eigenvalue weighted by Gasteiger charge is -2.33.